The maximum atomic E-state index is 7.01. The Morgan fingerprint density at radius 3 is 1.83 bits per heavy atom. The van der Waals surface area contributed by atoms with Crippen LogP contribution in [0.25, 0.3) is 0 Å². The van der Waals surface area contributed by atoms with E-state index in [2.05, 4.69) is 0 Å². The van der Waals surface area contributed by atoms with E-state index in [9.17, 15) is 0 Å². The Balaban J connectivity index is -0.000000270. The minimum absolute atomic E-state index is 0. The van der Waals surface area contributed by atoms with Crippen molar-refractivity contribution >= 4 is 18.2 Å². The first-order chi connectivity index (χ1) is 4.30. The van der Waals surface area contributed by atoms with Gasteiger partial charge in [0.25, 0.3) is 0 Å². The number of amidine groups is 1. The molecule has 0 fully saturated rings. The molecule has 0 radical (unpaired) electrons. The van der Waals surface area contributed by atoms with Crippen molar-refractivity contribution < 1.29 is 5.48 Å². The highest BCUT2D eigenvalue weighted by Gasteiger charge is 1.89. The van der Waals surface area contributed by atoms with Crippen molar-refractivity contribution in [3.63, 3.8) is 0 Å². The molecule has 1 aromatic carbocycles. The van der Waals surface area contributed by atoms with Crippen LogP contribution in [0.1, 0.15) is 13.0 Å². The molecule has 12 heavy (non-hydrogen) atoms. The SMILES string of the molecule is C.Cl.N=C(N)c1ccccc1.O. The van der Waals surface area contributed by atoms with Crippen molar-refractivity contribution in [3.8, 4) is 0 Å². The second-order valence-electron chi connectivity index (χ2n) is 1.78. The summed E-state index contributed by atoms with van der Waals surface area (Å²) >= 11 is 0. The van der Waals surface area contributed by atoms with Gasteiger partial charge in [-0.2, -0.15) is 0 Å². The van der Waals surface area contributed by atoms with E-state index >= 15 is 0 Å². The summed E-state index contributed by atoms with van der Waals surface area (Å²) in [6, 6.07) is 9.23. The van der Waals surface area contributed by atoms with Crippen LogP contribution in [-0.2, 0) is 0 Å². The fourth-order valence-corrected chi connectivity index (χ4v) is 0.618. The first kappa shape index (κ1) is 17.1. The van der Waals surface area contributed by atoms with Crippen LogP contribution in [0.2, 0.25) is 0 Å². The normalized spacial score (nSPS) is 6.67. The van der Waals surface area contributed by atoms with E-state index in [-0.39, 0.29) is 31.1 Å². The highest BCUT2D eigenvalue weighted by atomic mass is 35.5. The predicted molar refractivity (Wildman–Crippen MR) is 55.1 cm³/mol. The largest absolute Gasteiger partial charge is 0.412 e. The summed E-state index contributed by atoms with van der Waals surface area (Å²) in [5.74, 6) is 0.121. The molecule has 0 aliphatic carbocycles. The topological polar surface area (TPSA) is 81.4 Å². The Morgan fingerprint density at radius 2 is 1.58 bits per heavy atom. The van der Waals surface area contributed by atoms with Crippen molar-refractivity contribution in [1.82, 2.24) is 0 Å². The molecule has 0 saturated carbocycles. The number of nitrogens with one attached hydrogen (secondary N) is 1. The van der Waals surface area contributed by atoms with Crippen LogP contribution in [0, 0.1) is 5.41 Å². The van der Waals surface area contributed by atoms with E-state index in [0.717, 1.165) is 5.56 Å². The fourth-order valence-electron chi connectivity index (χ4n) is 0.618. The monoisotopic (exact) mass is 190 g/mol. The zero-order valence-corrected chi connectivity index (χ0v) is 6.69. The molecular weight excluding hydrogens is 176 g/mol. The minimum Gasteiger partial charge on any atom is -0.412 e. The van der Waals surface area contributed by atoms with Gasteiger partial charge in [0.2, 0.25) is 0 Å². The third-order valence-electron chi connectivity index (χ3n) is 1.08. The second-order valence-corrected chi connectivity index (χ2v) is 1.78. The first-order valence-corrected chi connectivity index (χ1v) is 2.70. The van der Waals surface area contributed by atoms with Crippen molar-refractivity contribution in [1.29, 1.82) is 5.41 Å². The Kier molecular flexibility index (Phi) is 11.5. The number of rotatable bonds is 1. The average molecular weight is 191 g/mol. The summed E-state index contributed by atoms with van der Waals surface area (Å²) in [6.45, 7) is 0. The van der Waals surface area contributed by atoms with Gasteiger partial charge in [0.05, 0.1) is 0 Å². The Morgan fingerprint density at radius 1 is 1.17 bits per heavy atom. The number of nitrogen functional groups attached to an aromatic ring is 1. The molecule has 0 spiro atoms. The number of nitrogens with two attached hydrogens (primary N) is 1. The molecule has 0 aromatic heterocycles. The third kappa shape index (κ3) is 4.71. The van der Waals surface area contributed by atoms with Crippen LogP contribution >= 0.6 is 12.4 Å². The predicted octanol–water partition coefficient (Wildman–Crippen LogP) is 1.20. The third-order valence-corrected chi connectivity index (χ3v) is 1.08. The van der Waals surface area contributed by atoms with E-state index in [1.54, 1.807) is 0 Å². The van der Waals surface area contributed by atoms with Crippen LogP contribution in [0.3, 0.4) is 0 Å². The lowest BCUT2D eigenvalue weighted by Crippen LogP contribution is -2.10. The van der Waals surface area contributed by atoms with Gasteiger partial charge < -0.3 is 11.2 Å². The van der Waals surface area contributed by atoms with Gasteiger partial charge in [-0.3, -0.25) is 5.41 Å². The molecule has 1 rings (SSSR count). The molecule has 0 amide bonds. The van der Waals surface area contributed by atoms with Crippen molar-refractivity contribution in [2.75, 3.05) is 0 Å². The lowest BCUT2D eigenvalue weighted by Gasteiger charge is -1.93. The molecule has 5 N–H and O–H groups in total. The van der Waals surface area contributed by atoms with Crippen LogP contribution in [0.5, 0.6) is 0 Å². The summed E-state index contributed by atoms with van der Waals surface area (Å²) in [5, 5.41) is 7.01. The summed E-state index contributed by atoms with van der Waals surface area (Å²) in [4.78, 5) is 0. The number of benzene rings is 1. The minimum atomic E-state index is 0. The van der Waals surface area contributed by atoms with E-state index < -0.39 is 0 Å². The van der Waals surface area contributed by atoms with Crippen molar-refractivity contribution in [2.45, 2.75) is 7.43 Å². The standard InChI is InChI=1S/C7H8N2.CH4.ClH.H2O/c8-7(9)6-4-2-1-3-5-6;;;/h1-5H,(H3,8,9);1H4;1H;1H2. The van der Waals surface area contributed by atoms with Crippen LogP contribution in [0.15, 0.2) is 30.3 Å². The number of halogens is 1. The quantitative estimate of drug-likeness (QED) is 0.507. The molecule has 0 saturated heterocycles. The lowest BCUT2D eigenvalue weighted by atomic mass is 10.2. The van der Waals surface area contributed by atoms with Crippen LogP contribution < -0.4 is 5.73 Å². The zero-order chi connectivity index (χ0) is 6.69. The summed E-state index contributed by atoms with van der Waals surface area (Å²) < 4.78 is 0. The van der Waals surface area contributed by atoms with E-state index in [4.69, 9.17) is 11.1 Å². The Hall–Kier alpha value is -1.06. The molecule has 70 valence electrons. The van der Waals surface area contributed by atoms with Crippen LogP contribution in [-0.4, -0.2) is 11.3 Å². The van der Waals surface area contributed by atoms with Crippen molar-refractivity contribution in [3.05, 3.63) is 35.9 Å². The molecule has 0 aliphatic rings. The Labute approximate surface area is 78.8 Å². The van der Waals surface area contributed by atoms with Gasteiger partial charge in [0, 0.05) is 5.56 Å². The molecule has 0 bridgehead atoms. The lowest BCUT2D eigenvalue weighted by molar-refractivity contribution is 0.824. The van der Waals surface area contributed by atoms with Gasteiger partial charge in [0.1, 0.15) is 5.84 Å². The molecular formula is C8H15ClN2O. The van der Waals surface area contributed by atoms with Gasteiger partial charge in [-0.15, -0.1) is 12.4 Å². The molecule has 0 atom stereocenters. The molecule has 4 heteroatoms. The fraction of sp³-hybridized carbons (Fsp3) is 0.125. The van der Waals surface area contributed by atoms with Crippen molar-refractivity contribution in [2.24, 2.45) is 5.73 Å². The molecule has 0 unspecified atom stereocenters. The molecule has 0 heterocycles. The highest BCUT2D eigenvalue weighted by molar-refractivity contribution is 5.94. The Bertz CT molecular complexity index is 214. The average Bonchev–Trinajstić information content (AvgIpc) is 1.90. The molecule has 3 nitrogen and oxygen atoms in total. The van der Waals surface area contributed by atoms with Gasteiger partial charge in [-0.05, 0) is 0 Å². The molecule has 0 aliphatic heterocycles. The first-order valence-electron chi connectivity index (χ1n) is 2.70. The van der Waals surface area contributed by atoms with Gasteiger partial charge >= 0.3 is 0 Å². The van der Waals surface area contributed by atoms with E-state index in [0.29, 0.717) is 0 Å². The number of hydrogen-bond donors (Lipinski definition) is 2. The summed E-state index contributed by atoms with van der Waals surface area (Å²) in [7, 11) is 0. The van der Waals surface area contributed by atoms with Gasteiger partial charge in [-0.25, -0.2) is 0 Å². The summed E-state index contributed by atoms with van der Waals surface area (Å²) in [5.41, 5.74) is 5.97. The zero-order valence-electron chi connectivity index (χ0n) is 5.87. The summed E-state index contributed by atoms with van der Waals surface area (Å²) in [6.07, 6.45) is 0. The number of hydrogen-bond acceptors (Lipinski definition) is 1. The van der Waals surface area contributed by atoms with Gasteiger partial charge in [0.15, 0.2) is 0 Å². The van der Waals surface area contributed by atoms with Gasteiger partial charge in [-0.1, -0.05) is 37.8 Å². The van der Waals surface area contributed by atoms with E-state index in [1.807, 2.05) is 30.3 Å². The maximum Gasteiger partial charge on any atom is 0.122 e. The van der Waals surface area contributed by atoms with Crippen LogP contribution in [0.4, 0.5) is 0 Å². The molecule has 1 aromatic rings. The smallest absolute Gasteiger partial charge is 0.122 e. The second kappa shape index (κ2) is 8.04. The van der Waals surface area contributed by atoms with E-state index in [1.165, 1.54) is 0 Å². The maximum absolute atomic E-state index is 7.01. The highest BCUT2D eigenvalue weighted by Crippen LogP contribution is 1.94.